The number of hydrogen-bond acceptors (Lipinski definition) is 6. The summed E-state index contributed by atoms with van der Waals surface area (Å²) in [5.41, 5.74) is 0.729. The Balaban J connectivity index is 1.34. The average Bonchev–Trinajstić information content (AvgIpc) is 3.72. The van der Waals surface area contributed by atoms with Gasteiger partial charge in [-0.05, 0) is 74.4 Å². The van der Waals surface area contributed by atoms with Crippen LogP contribution in [0.4, 0.5) is 5.82 Å². The highest BCUT2D eigenvalue weighted by atomic mass is 35.5. The molecule has 0 spiro atoms. The standard InChI is InChI=1S/C39H55ClN6O3/c1-38(2,3)37(49)46(29-14-16-39(4,5)17-15-29)30-23-33(36(48)43-21-19-42(6)20-22-43)45(24-30)35(47)32-26-44(34-9-7-8-18-41-34)25-31(32)27-10-12-28(40)13-11-27/h7-13,18,29-33H,14-17,19-26H2,1-6H3/t30?,31-,32+,33-/m0/s1. The second-order valence-electron chi connectivity index (χ2n) is 16.7. The highest BCUT2D eigenvalue weighted by Crippen LogP contribution is 2.42. The Morgan fingerprint density at radius 2 is 1.55 bits per heavy atom. The van der Waals surface area contributed by atoms with Crippen molar-refractivity contribution in [2.24, 2.45) is 16.7 Å². The number of rotatable bonds is 6. The first kappa shape index (κ1) is 35.6. The second kappa shape index (κ2) is 14.2. The van der Waals surface area contributed by atoms with Gasteiger partial charge in [0.1, 0.15) is 11.9 Å². The summed E-state index contributed by atoms with van der Waals surface area (Å²) in [4.78, 5) is 58.9. The highest BCUT2D eigenvalue weighted by molar-refractivity contribution is 6.30. The van der Waals surface area contributed by atoms with Crippen molar-refractivity contribution in [2.75, 3.05) is 57.8 Å². The molecule has 0 N–H and O–H groups in total. The largest absolute Gasteiger partial charge is 0.355 e. The molecule has 2 aromatic rings. The van der Waals surface area contributed by atoms with Crippen LogP contribution in [0.2, 0.25) is 5.02 Å². The molecule has 1 aliphatic carbocycles. The Labute approximate surface area is 297 Å². The number of halogens is 1. The van der Waals surface area contributed by atoms with E-state index in [4.69, 9.17) is 11.6 Å². The van der Waals surface area contributed by atoms with E-state index < -0.39 is 11.5 Å². The minimum atomic E-state index is -0.606. The molecule has 3 saturated heterocycles. The van der Waals surface area contributed by atoms with Crippen LogP contribution in [0.5, 0.6) is 0 Å². The molecule has 4 atom stereocenters. The molecule has 6 rings (SSSR count). The maximum atomic E-state index is 15.1. The lowest BCUT2D eigenvalue weighted by molar-refractivity contribution is -0.147. The van der Waals surface area contributed by atoms with E-state index in [1.807, 2.05) is 73.0 Å². The van der Waals surface area contributed by atoms with Crippen molar-refractivity contribution in [1.82, 2.24) is 24.6 Å². The van der Waals surface area contributed by atoms with E-state index in [1.54, 1.807) is 6.20 Å². The van der Waals surface area contributed by atoms with E-state index in [0.29, 0.717) is 44.2 Å². The fourth-order valence-corrected chi connectivity index (χ4v) is 8.58. The van der Waals surface area contributed by atoms with Crippen molar-refractivity contribution >= 4 is 35.1 Å². The van der Waals surface area contributed by atoms with Gasteiger partial charge in [0, 0.05) is 74.4 Å². The zero-order chi connectivity index (χ0) is 35.1. The van der Waals surface area contributed by atoms with Crippen molar-refractivity contribution in [3.63, 3.8) is 0 Å². The third-order valence-electron chi connectivity index (χ3n) is 11.5. The fraction of sp³-hybridized carbons (Fsp3) is 0.641. The molecule has 4 aliphatic rings. The first-order valence-electron chi connectivity index (χ1n) is 18.2. The van der Waals surface area contributed by atoms with E-state index >= 15 is 4.79 Å². The Bertz CT molecular complexity index is 1480. The number of likely N-dealkylation sites (tertiary alicyclic amines) is 1. The molecule has 10 heteroatoms. The highest BCUT2D eigenvalue weighted by Gasteiger charge is 2.51. The number of hydrogen-bond donors (Lipinski definition) is 0. The summed E-state index contributed by atoms with van der Waals surface area (Å²) in [7, 11) is 2.08. The summed E-state index contributed by atoms with van der Waals surface area (Å²) in [5.74, 6) is 0.470. The van der Waals surface area contributed by atoms with Crippen LogP contribution in [-0.4, -0.2) is 113 Å². The lowest BCUT2D eigenvalue weighted by Gasteiger charge is -2.45. The lowest BCUT2D eigenvalue weighted by atomic mass is 9.74. The van der Waals surface area contributed by atoms with E-state index in [2.05, 4.69) is 40.6 Å². The predicted molar refractivity (Wildman–Crippen MR) is 194 cm³/mol. The minimum absolute atomic E-state index is 0.0127. The van der Waals surface area contributed by atoms with Gasteiger partial charge < -0.3 is 24.5 Å². The normalized spacial score (nSPS) is 26.6. The van der Waals surface area contributed by atoms with Crippen molar-refractivity contribution < 1.29 is 14.4 Å². The summed E-state index contributed by atoms with van der Waals surface area (Å²) in [6.45, 7) is 15.0. The van der Waals surface area contributed by atoms with Crippen molar-refractivity contribution in [2.45, 2.75) is 90.8 Å². The molecule has 3 aliphatic heterocycles. The molecule has 0 radical (unpaired) electrons. The Kier molecular flexibility index (Phi) is 10.3. The van der Waals surface area contributed by atoms with Gasteiger partial charge in [0.05, 0.1) is 12.0 Å². The monoisotopic (exact) mass is 690 g/mol. The zero-order valence-electron chi connectivity index (χ0n) is 30.3. The van der Waals surface area contributed by atoms with E-state index in [1.165, 1.54) is 0 Å². The maximum absolute atomic E-state index is 15.1. The lowest BCUT2D eigenvalue weighted by Crippen LogP contribution is -2.54. The quantitative estimate of drug-likeness (QED) is 0.396. The van der Waals surface area contributed by atoms with Gasteiger partial charge in [0.15, 0.2) is 0 Å². The molecule has 0 bridgehead atoms. The first-order chi connectivity index (χ1) is 23.2. The average molecular weight is 691 g/mol. The topological polar surface area (TPSA) is 80.3 Å². The Morgan fingerprint density at radius 1 is 0.878 bits per heavy atom. The van der Waals surface area contributed by atoms with Gasteiger partial charge in [0.25, 0.3) is 0 Å². The number of aromatic nitrogens is 1. The number of nitrogens with zero attached hydrogens (tertiary/aromatic N) is 6. The zero-order valence-corrected chi connectivity index (χ0v) is 31.0. The van der Waals surface area contributed by atoms with E-state index in [-0.39, 0.29) is 47.1 Å². The molecule has 1 aromatic carbocycles. The summed E-state index contributed by atoms with van der Waals surface area (Å²) >= 11 is 6.29. The second-order valence-corrected chi connectivity index (χ2v) is 17.2. The van der Waals surface area contributed by atoms with Gasteiger partial charge in [-0.3, -0.25) is 14.4 Å². The summed E-state index contributed by atoms with van der Waals surface area (Å²) in [6.07, 6.45) is 6.25. The summed E-state index contributed by atoms with van der Waals surface area (Å²) < 4.78 is 0. The van der Waals surface area contributed by atoms with E-state index in [0.717, 1.165) is 50.2 Å². The van der Waals surface area contributed by atoms with Crippen molar-refractivity contribution in [3.8, 4) is 0 Å². The van der Waals surface area contributed by atoms with Crippen LogP contribution in [0.3, 0.4) is 0 Å². The van der Waals surface area contributed by atoms with Crippen LogP contribution in [0.15, 0.2) is 48.7 Å². The number of amides is 3. The maximum Gasteiger partial charge on any atom is 0.245 e. The van der Waals surface area contributed by atoms with Gasteiger partial charge in [-0.15, -0.1) is 0 Å². The van der Waals surface area contributed by atoms with Gasteiger partial charge >= 0.3 is 0 Å². The molecule has 49 heavy (non-hydrogen) atoms. The summed E-state index contributed by atoms with van der Waals surface area (Å²) in [5, 5.41) is 0.654. The Hall–Kier alpha value is -3.17. The number of carbonyl (C=O) groups is 3. The van der Waals surface area contributed by atoms with Crippen LogP contribution in [0.1, 0.15) is 78.2 Å². The van der Waals surface area contributed by atoms with Gasteiger partial charge in [-0.2, -0.15) is 0 Å². The molecule has 1 aromatic heterocycles. The Morgan fingerprint density at radius 3 is 2.16 bits per heavy atom. The predicted octanol–water partition coefficient (Wildman–Crippen LogP) is 5.54. The van der Waals surface area contributed by atoms with Crippen LogP contribution in [0, 0.1) is 16.7 Å². The number of anilines is 1. The number of pyridine rings is 1. The van der Waals surface area contributed by atoms with E-state index in [9.17, 15) is 9.59 Å². The van der Waals surface area contributed by atoms with Crippen molar-refractivity contribution in [3.05, 3.63) is 59.2 Å². The first-order valence-corrected chi connectivity index (χ1v) is 18.6. The molecule has 1 saturated carbocycles. The molecule has 266 valence electrons. The molecule has 3 amide bonds. The molecule has 9 nitrogen and oxygen atoms in total. The summed E-state index contributed by atoms with van der Waals surface area (Å²) in [6, 6.07) is 12.9. The smallest absolute Gasteiger partial charge is 0.245 e. The van der Waals surface area contributed by atoms with Crippen LogP contribution < -0.4 is 4.90 Å². The molecule has 1 unspecified atom stereocenters. The van der Waals surface area contributed by atoms with Crippen molar-refractivity contribution in [1.29, 1.82) is 0 Å². The molecular formula is C39H55ClN6O3. The SMILES string of the molecule is CN1CCN(C(=O)[C@@H]2CC(N(C(=O)C(C)(C)C)C3CCC(C)(C)CC3)CN2C(=O)[C@@H]2CN(c3ccccn3)C[C@H]2c2ccc(Cl)cc2)CC1. The van der Waals surface area contributed by atoms with Crippen LogP contribution in [0.25, 0.3) is 0 Å². The number of carbonyl (C=O) groups excluding carboxylic acids is 3. The minimum Gasteiger partial charge on any atom is -0.355 e. The van der Waals surface area contributed by atoms with Crippen LogP contribution >= 0.6 is 11.6 Å². The fourth-order valence-electron chi connectivity index (χ4n) is 8.45. The molecular weight excluding hydrogens is 636 g/mol. The number of benzene rings is 1. The van der Waals surface area contributed by atoms with Gasteiger partial charge in [-0.25, -0.2) is 4.98 Å². The number of piperazine rings is 1. The third-order valence-corrected chi connectivity index (χ3v) is 11.8. The van der Waals surface area contributed by atoms with Gasteiger partial charge in [0.2, 0.25) is 17.7 Å². The van der Waals surface area contributed by atoms with Gasteiger partial charge in [-0.1, -0.05) is 64.4 Å². The molecule has 4 fully saturated rings. The number of likely N-dealkylation sites (N-methyl/N-ethyl adjacent to an activating group) is 1. The molecule has 4 heterocycles. The third kappa shape index (κ3) is 7.78. The van der Waals surface area contributed by atoms with Crippen LogP contribution in [-0.2, 0) is 14.4 Å².